The van der Waals surface area contributed by atoms with Crippen LogP contribution in [0.4, 0.5) is 34.1 Å². The summed E-state index contributed by atoms with van der Waals surface area (Å²) in [6.45, 7) is 5.25. The van der Waals surface area contributed by atoms with Crippen LogP contribution in [0, 0.1) is 0 Å². The van der Waals surface area contributed by atoms with E-state index in [1.165, 1.54) is 32.7 Å². The summed E-state index contributed by atoms with van der Waals surface area (Å²) >= 11 is 0. The van der Waals surface area contributed by atoms with Gasteiger partial charge in [-0.1, -0.05) is 140 Å². The van der Waals surface area contributed by atoms with Crippen molar-refractivity contribution in [2.24, 2.45) is 0 Å². The number of rotatable bonds is 7. The van der Waals surface area contributed by atoms with E-state index in [0.717, 1.165) is 34.1 Å². The second-order valence-electron chi connectivity index (χ2n) is 11.8. The van der Waals surface area contributed by atoms with Crippen LogP contribution >= 0.6 is 0 Å². The molecule has 0 aliphatic carbocycles. The molecule has 0 N–H and O–H groups in total. The van der Waals surface area contributed by atoms with Gasteiger partial charge in [0.1, 0.15) is 0 Å². The SMILES string of the molecule is C=CC.c1ccc(N(c2ccc(-c3ccc(N(c4ccccc4)c4cccc5ccccc45)cc3)cc2)c2cccc3ccccc23)cc1. The lowest BCUT2D eigenvalue weighted by Crippen LogP contribution is -2.10. The van der Waals surface area contributed by atoms with Gasteiger partial charge in [-0.3, -0.25) is 0 Å². The lowest BCUT2D eigenvalue weighted by atomic mass is 10.0. The smallest absolute Gasteiger partial charge is 0.0540 e. The molecule has 236 valence electrons. The van der Waals surface area contributed by atoms with E-state index >= 15 is 0 Å². The number of anilines is 6. The van der Waals surface area contributed by atoms with Crippen molar-refractivity contribution in [3.05, 3.63) is 207 Å². The van der Waals surface area contributed by atoms with Crippen molar-refractivity contribution < 1.29 is 0 Å². The molecular formula is C47H38N2. The van der Waals surface area contributed by atoms with Crippen LogP contribution in [0.15, 0.2) is 207 Å². The maximum Gasteiger partial charge on any atom is 0.0540 e. The zero-order chi connectivity index (χ0) is 33.4. The molecule has 2 heteroatoms. The molecule has 0 aliphatic heterocycles. The third kappa shape index (κ3) is 6.58. The molecule has 0 atom stereocenters. The largest absolute Gasteiger partial charge is 0.310 e. The topological polar surface area (TPSA) is 6.48 Å². The lowest BCUT2D eigenvalue weighted by molar-refractivity contribution is 1.29. The summed E-state index contributed by atoms with van der Waals surface area (Å²) in [6.07, 6.45) is 1.75. The van der Waals surface area contributed by atoms with Gasteiger partial charge >= 0.3 is 0 Å². The number of allylic oxidation sites excluding steroid dienone is 1. The van der Waals surface area contributed by atoms with E-state index in [1.807, 2.05) is 6.92 Å². The van der Waals surface area contributed by atoms with Gasteiger partial charge in [0.2, 0.25) is 0 Å². The molecule has 2 nitrogen and oxygen atoms in total. The molecule has 0 unspecified atom stereocenters. The maximum atomic E-state index is 3.36. The minimum absolute atomic E-state index is 1.12. The predicted octanol–water partition coefficient (Wildman–Crippen LogP) is 13.8. The molecule has 8 rings (SSSR count). The minimum Gasteiger partial charge on any atom is -0.310 e. The molecule has 0 heterocycles. The van der Waals surface area contributed by atoms with E-state index in [1.54, 1.807) is 6.08 Å². The van der Waals surface area contributed by atoms with Crippen LogP contribution in [-0.2, 0) is 0 Å². The molecule has 0 saturated heterocycles. The summed E-state index contributed by atoms with van der Waals surface area (Å²) in [5, 5.41) is 4.90. The maximum absolute atomic E-state index is 3.36. The molecule has 0 aliphatic rings. The normalized spacial score (nSPS) is 10.6. The average molecular weight is 631 g/mol. The van der Waals surface area contributed by atoms with Crippen molar-refractivity contribution in [1.82, 2.24) is 0 Å². The van der Waals surface area contributed by atoms with Crippen LogP contribution in [0.25, 0.3) is 32.7 Å². The lowest BCUT2D eigenvalue weighted by Gasteiger charge is -2.27. The molecule has 0 aromatic heterocycles. The van der Waals surface area contributed by atoms with Crippen molar-refractivity contribution in [1.29, 1.82) is 0 Å². The third-order valence-electron chi connectivity index (χ3n) is 8.63. The molecule has 0 amide bonds. The average Bonchev–Trinajstić information content (AvgIpc) is 3.17. The number of benzene rings is 8. The third-order valence-corrected chi connectivity index (χ3v) is 8.63. The molecule has 0 spiro atoms. The summed E-state index contributed by atoms with van der Waals surface area (Å²) in [5.74, 6) is 0. The quantitative estimate of drug-likeness (QED) is 0.162. The fourth-order valence-electron chi connectivity index (χ4n) is 6.42. The summed E-state index contributed by atoms with van der Waals surface area (Å²) < 4.78 is 0. The Morgan fingerprint density at radius 2 is 0.653 bits per heavy atom. The summed E-state index contributed by atoms with van der Waals surface area (Å²) in [5.41, 5.74) is 9.18. The Balaban J connectivity index is 0.00000122. The first-order valence-electron chi connectivity index (χ1n) is 16.7. The van der Waals surface area contributed by atoms with Gasteiger partial charge in [0.15, 0.2) is 0 Å². The fourth-order valence-corrected chi connectivity index (χ4v) is 6.42. The number of hydrogen-bond acceptors (Lipinski definition) is 2. The summed E-state index contributed by atoms with van der Waals surface area (Å²) in [6, 6.07) is 69.2. The van der Waals surface area contributed by atoms with E-state index in [4.69, 9.17) is 0 Å². The van der Waals surface area contributed by atoms with Crippen molar-refractivity contribution in [2.75, 3.05) is 9.80 Å². The highest BCUT2D eigenvalue weighted by Crippen LogP contribution is 2.41. The van der Waals surface area contributed by atoms with Gasteiger partial charge in [-0.25, -0.2) is 0 Å². The van der Waals surface area contributed by atoms with E-state index in [-0.39, 0.29) is 0 Å². The monoisotopic (exact) mass is 630 g/mol. The van der Waals surface area contributed by atoms with Crippen LogP contribution in [0.3, 0.4) is 0 Å². The Hall–Kier alpha value is -6.38. The summed E-state index contributed by atoms with van der Waals surface area (Å²) in [7, 11) is 0. The van der Waals surface area contributed by atoms with E-state index in [0.29, 0.717) is 0 Å². The number of hydrogen-bond donors (Lipinski definition) is 0. The molecule has 8 aromatic rings. The number of nitrogens with zero attached hydrogens (tertiary/aromatic N) is 2. The molecule has 49 heavy (non-hydrogen) atoms. The highest BCUT2D eigenvalue weighted by molar-refractivity contribution is 6.00. The minimum atomic E-state index is 1.12. The molecule has 0 fully saturated rings. The van der Waals surface area contributed by atoms with Crippen LogP contribution in [0.1, 0.15) is 6.92 Å². The van der Waals surface area contributed by atoms with Gasteiger partial charge in [-0.2, -0.15) is 0 Å². The number of para-hydroxylation sites is 2. The standard InChI is InChI=1S/C44H32N2.C3H6/c1-3-17-37(18-4-1)45(43-23-11-15-35-13-7-9-21-41(35)43)39-29-25-33(26-30-39)34-27-31-40(32-28-34)46(38-19-5-2-6-20-38)44-24-12-16-36-14-8-10-22-42(36)44;1-3-2/h1-32H;3H,1H2,2H3. The van der Waals surface area contributed by atoms with Gasteiger partial charge < -0.3 is 9.80 Å². The van der Waals surface area contributed by atoms with E-state index < -0.39 is 0 Å². The highest BCUT2D eigenvalue weighted by atomic mass is 15.1. The predicted molar refractivity (Wildman–Crippen MR) is 212 cm³/mol. The van der Waals surface area contributed by atoms with Gasteiger partial charge in [0.25, 0.3) is 0 Å². The number of fused-ring (bicyclic) bond motifs is 2. The van der Waals surface area contributed by atoms with Gasteiger partial charge in [0, 0.05) is 33.5 Å². The molecule has 0 radical (unpaired) electrons. The molecular weight excluding hydrogens is 593 g/mol. The Morgan fingerprint density at radius 3 is 1.04 bits per heavy atom. The zero-order valence-corrected chi connectivity index (χ0v) is 27.7. The van der Waals surface area contributed by atoms with Gasteiger partial charge in [0.05, 0.1) is 11.4 Å². The van der Waals surface area contributed by atoms with Gasteiger partial charge in [-0.05, 0) is 89.5 Å². The van der Waals surface area contributed by atoms with Crippen molar-refractivity contribution in [3.63, 3.8) is 0 Å². The zero-order valence-electron chi connectivity index (χ0n) is 27.7. The Kier molecular flexibility index (Phi) is 9.30. The Morgan fingerprint density at radius 1 is 0.347 bits per heavy atom. The molecule has 8 aromatic carbocycles. The van der Waals surface area contributed by atoms with Crippen molar-refractivity contribution >= 4 is 55.7 Å². The second kappa shape index (κ2) is 14.6. The molecule has 0 bridgehead atoms. The second-order valence-corrected chi connectivity index (χ2v) is 11.8. The summed E-state index contributed by atoms with van der Waals surface area (Å²) in [4.78, 5) is 4.69. The van der Waals surface area contributed by atoms with Crippen LogP contribution < -0.4 is 9.80 Å². The first-order valence-corrected chi connectivity index (χ1v) is 16.7. The first-order chi connectivity index (χ1) is 24.2. The van der Waals surface area contributed by atoms with E-state index in [2.05, 4.69) is 211 Å². The molecule has 0 saturated carbocycles. The van der Waals surface area contributed by atoms with Crippen molar-refractivity contribution in [2.45, 2.75) is 6.92 Å². The fraction of sp³-hybridized carbons (Fsp3) is 0.0213. The van der Waals surface area contributed by atoms with Crippen LogP contribution in [-0.4, -0.2) is 0 Å². The van der Waals surface area contributed by atoms with Crippen LogP contribution in [0.2, 0.25) is 0 Å². The van der Waals surface area contributed by atoms with Crippen LogP contribution in [0.5, 0.6) is 0 Å². The van der Waals surface area contributed by atoms with E-state index in [9.17, 15) is 0 Å². The Bertz CT molecular complexity index is 2120. The highest BCUT2D eigenvalue weighted by Gasteiger charge is 2.17. The first kappa shape index (κ1) is 31.2. The Labute approximate surface area is 289 Å². The van der Waals surface area contributed by atoms with Gasteiger partial charge in [-0.15, -0.1) is 6.58 Å². The van der Waals surface area contributed by atoms with Crippen molar-refractivity contribution in [3.8, 4) is 11.1 Å².